The Hall–Kier alpha value is -2.95. The van der Waals surface area contributed by atoms with Crippen LogP contribution in [-0.4, -0.2) is 11.0 Å². The van der Waals surface area contributed by atoms with E-state index in [1.165, 1.54) is 18.2 Å². The van der Waals surface area contributed by atoms with Gasteiger partial charge in [0.15, 0.2) is 11.5 Å². The van der Waals surface area contributed by atoms with Gasteiger partial charge < -0.3 is 9.15 Å². The van der Waals surface area contributed by atoms with Gasteiger partial charge in [-0.25, -0.2) is 14.2 Å². The van der Waals surface area contributed by atoms with Gasteiger partial charge in [0.25, 0.3) is 0 Å². The number of aromatic nitrogens is 1. The van der Waals surface area contributed by atoms with Gasteiger partial charge in [0.05, 0.1) is 0 Å². The maximum Gasteiger partial charge on any atom is 0.336 e. The minimum Gasteiger partial charge on any atom is -0.441 e. The fourth-order valence-electron chi connectivity index (χ4n) is 1.97. The molecule has 0 fully saturated rings. The van der Waals surface area contributed by atoms with E-state index in [1.807, 2.05) is 0 Å². The zero-order valence-electron chi connectivity index (χ0n) is 11.7. The highest BCUT2D eigenvalue weighted by Gasteiger charge is 2.06. The summed E-state index contributed by atoms with van der Waals surface area (Å²) in [5.74, 6) is 0.0871. The molecule has 0 saturated carbocycles. The molecule has 5 heteroatoms. The van der Waals surface area contributed by atoms with Crippen molar-refractivity contribution in [3.05, 3.63) is 65.8 Å². The largest absolute Gasteiger partial charge is 0.441 e. The summed E-state index contributed by atoms with van der Waals surface area (Å²) in [5, 5.41) is 0. The van der Waals surface area contributed by atoms with E-state index >= 15 is 0 Å². The third-order valence-corrected chi connectivity index (χ3v) is 2.97. The summed E-state index contributed by atoms with van der Waals surface area (Å²) in [6.07, 6.45) is 2.84. The van der Waals surface area contributed by atoms with E-state index in [2.05, 4.69) is 4.98 Å². The summed E-state index contributed by atoms with van der Waals surface area (Å²) in [7, 11) is 0. The fraction of sp³-hybridized carbons (Fsp3) is 0.0588. The number of carbonyl (C=O) groups is 1. The maximum absolute atomic E-state index is 12.8. The normalized spacial score (nSPS) is 11.2. The van der Waals surface area contributed by atoms with E-state index in [4.69, 9.17) is 9.15 Å². The number of oxazole rings is 1. The lowest BCUT2D eigenvalue weighted by Crippen LogP contribution is -2.03. The van der Waals surface area contributed by atoms with Gasteiger partial charge in [-0.15, -0.1) is 0 Å². The molecule has 22 heavy (non-hydrogen) atoms. The highest BCUT2D eigenvalue weighted by Crippen LogP contribution is 2.21. The molecule has 2 aromatic carbocycles. The first-order chi connectivity index (χ1) is 10.6. The van der Waals surface area contributed by atoms with E-state index in [9.17, 15) is 9.18 Å². The van der Waals surface area contributed by atoms with Gasteiger partial charge in [0.2, 0.25) is 0 Å². The van der Waals surface area contributed by atoms with E-state index in [1.54, 1.807) is 43.3 Å². The van der Waals surface area contributed by atoms with Gasteiger partial charge in [-0.2, -0.15) is 0 Å². The molecule has 0 aliphatic heterocycles. The van der Waals surface area contributed by atoms with Crippen LogP contribution in [0.25, 0.3) is 17.2 Å². The van der Waals surface area contributed by atoms with Gasteiger partial charge in [-0.1, -0.05) is 12.1 Å². The van der Waals surface area contributed by atoms with E-state index in [-0.39, 0.29) is 5.82 Å². The first-order valence-electron chi connectivity index (χ1n) is 6.63. The predicted octanol–water partition coefficient (Wildman–Crippen LogP) is 3.89. The Bertz CT molecular complexity index is 850. The standard InChI is InChI=1S/C17H12FNO3/c1-11-19-15-10-14(7-8-16(15)21-11)22-17(20)9-4-12-2-5-13(18)6-3-12/h2-10H,1H3/b9-4+. The second kappa shape index (κ2) is 5.81. The summed E-state index contributed by atoms with van der Waals surface area (Å²) in [5.41, 5.74) is 1.98. The highest BCUT2D eigenvalue weighted by molar-refractivity contribution is 5.89. The number of benzene rings is 2. The van der Waals surface area contributed by atoms with Crippen molar-refractivity contribution in [2.45, 2.75) is 6.92 Å². The van der Waals surface area contributed by atoms with E-state index in [0.717, 1.165) is 0 Å². The van der Waals surface area contributed by atoms with Crippen molar-refractivity contribution in [3.8, 4) is 5.75 Å². The zero-order chi connectivity index (χ0) is 15.5. The van der Waals surface area contributed by atoms with Crippen molar-refractivity contribution in [1.29, 1.82) is 0 Å². The number of hydrogen-bond donors (Lipinski definition) is 0. The van der Waals surface area contributed by atoms with Crippen LogP contribution >= 0.6 is 0 Å². The summed E-state index contributed by atoms with van der Waals surface area (Å²) in [6.45, 7) is 1.75. The molecule has 0 aliphatic rings. The molecule has 0 radical (unpaired) electrons. The molecule has 110 valence electrons. The maximum atomic E-state index is 12.8. The first-order valence-corrected chi connectivity index (χ1v) is 6.63. The topological polar surface area (TPSA) is 52.3 Å². The summed E-state index contributed by atoms with van der Waals surface area (Å²) in [6, 6.07) is 10.8. The quantitative estimate of drug-likeness (QED) is 0.418. The predicted molar refractivity (Wildman–Crippen MR) is 79.8 cm³/mol. The molecule has 0 N–H and O–H groups in total. The number of hydrogen-bond acceptors (Lipinski definition) is 4. The number of esters is 1. The van der Waals surface area contributed by atoms with Crippen LogP contribution in [0.5, 0.6) is 5.75 Å². The second-order valence-corrected chi connectivity index (χ2v) is 4.67. The average Bonchev–Trinajstić information content (AvgIpc) is 2.86. The van der Waals surface area contributed by atoms with Crippen molar-refractivity contribution in [3.63, 3.8) is 0 Å². The number of aryl methyl sites for hydroxylation is 1. The van der Waals surface area contributed by atoms with Crippen LogP contribution in [0.15, 0.2) is 53.0 Å². The molecular weight excluding hydrogens is 285 g/mol. The van der Waals surface area contributed by atoms with Gasteiger partial charge in [0.1, 0.15) is 17.1 Å². The lowest BCUT2D eigenvalue weighted by atomic mass is 10.2. The van der Waals surface area contributed by atoms with Gasteiger partial charge in [0, 0.05) is 19.1 Å². The van der Waals surface area contributed by atoms with Crippen LogP contribution in [0.3, 0.4) is 0 Å². The van der Waals surface area contributed by atoms with Crippen LogP contribution in [0.2, 0.25) is 0 Å². The third-order valence-electron chi connectivity index (χ3n) is 2.97. The minimum atomic E-state index is -0.524. The van der Waals surface area contributed by atoms with Gasteiger partial charge >= 0.3 is 5.97 Å². The molecular formula is C17H12FNO3. The van der Waals surface area contributed by atoms with Gasteiger partial charge in [-0.05, 0) is 35.9 Å². The molecule has 0 spiro atoms. The molecule has 0 bridgehead atoms. The Morgan fingerprint density at radius 1 is 1.23 bits per heavy atom. The molecule has 0 unspecified atom stereocenters. The van der Waals surface area contributed by atoms with Crippen molar-refractivity contribution in [2.24, 2.45) is 0 Å². The Labute approximate surface area is 125 Å². The molecule has 1 aromatic heterocycles. The molecule has 3 aromatic rings. The SMILES string of the molecule is Cc1nc2cc(OC(=O)/C=C/c3ccc(F)cc3)ccc2o1. The van der Waals surface area contributed by atoms with E-state index in [0.29, 0.717) is 28.3 Å². The van der Waals surface area contributed by atoms with Crippen LogP contribution in [0.1, 0.15) is 11.5 Å². The Morgan fingerprint density at radius 3 is 2.77 bits per heavy atom. The molecule has 3 rings (SSSR count). The number of fused-ring (bicyclic) bond motifs is 1. The number of nitrogens with zero attached hydrogens (tertiary/aromatic N) is 1. The molecule has 4 nitrogen and oxygen atoms in total. The summed E-state index contributed by atoms with van der Waals surface area (Å²) < 4.78 is 23.3. The van der Waals surface area contributed by atoms with Crippen LogP contribution < -0.4 is 4.74 Å². The van der Waals surface area contributed by atoms with Crippen molar-refractivity contribution in [2.75, 3.05) is 0 Å². The van der Waals surface area contributed by atoms with Crippen molar-refractivity contribution >= 4 is 23.1 Å². The van der Waals surface area contributed by atoms with Gasteiger partial charge in [-0.3, -0.25) is 0 Å². The van der Waals surface area contributed by atoms with Crippen molar-refractivity contribution in [1.82, 2.24) is 4.98 Å². The second-order valence-electron chi connectivity index (χ2n) is 4.67. The average molecular weight is 297 g/mol. The number of rotatable bonds is 3. The zero-order valence-corrected chi connectivity index (χ0v) is 11.7. The summed E-state index contributed by atoms with van der Waals surface area (Å²) >= 11 is 0. The highest BCUT2D eigenvalue weighted by atomic mass is 19.1. The van der Waals surface area contributed by atoms with Crippen molar-refractivity contribution < 1.29 is 18.3 Å². The lowest BCUT2D eigenvalue weighted by Gasteiger charge is -2.00. The fourth-order valence-corrected chi connectivity index (χ4v) is 1.97. The van der Waals surface area contributed by atoms with Crippen LogP contribution in [0.4, 0.5) is 4.39 Å². The molecule has 0 saturated heterocycles. The molecule has 1 heterocycles. The van der Waals surface area contributed by atoms with E-state index < -0.39 is 5.97 Å². The minimum absolute atomic E-state index is 0.323. The Balaban J connectivity index is 1.70. The number of ether oxygens (including phenoxy) is 1. The molecule has 0 atom stereocenters. The van der Waals surface area contributed by atoms with Crippen LogP contribution in [0, 0.1) is 12.7 Å². The monoisotopic (exact) mass is 297 g/mol. The molecule has 0 aliphatic carbocycles. The summed E-state index contributed by atoms with van der Waals surface area (Å²) in [4.78, 5) is 15.9. The third kappa shape index (κ3) is 3.20. The Kier molecular flexibility index (Phi) is 3.70. The van der Waals surface area contributed by atoms with Crippen LogP contribution in [-0.2, 0) is 4.79 Å². The number of halogens is 1. The Morgan fingerprint density at radius 2 is 2.00 bits per heavy atom. The lowest BCUT2D eigenvalue weighted by molar-refractivity contribution is -0.128. The molecule has 0 amide bonds. The smallest absolute Gasteiger partial charge is 0.336 e. The first kappa shape index (κ1) is 14.0. The number of carbonyl (C=O) groups excluding carboxylic acids is 1.